The molecule has 0 saturated carbocycles. The van der Waals surface area contributed by atoms with Gasteiger partial charge in [-0.1, -0.05) is 17.7 Å². The van der Waals surface area contributed by atoms with E-state index in [9.17, 15) is 17.6 Å². The summed E-state index contributed by atoms with van der Waals surface area (Å²) in [4.78, 5) is 18.6. The molecule has 13 heteroatoms. The third-order valence-corrected chi connectivity index (χ3v) is 4.93. The Bertz CT molecular complexity index is 1240. The number of carbonyl (C=O) groups excluding carboxylic acids is 1. The summed E-state index contributed by atoms with van der Waals surface area (Å²) in [7, 11) is -3.89. The highest BCUT2D eigenvalue weighted by Crippen LogP contribution is 2.29. The van der Waals surface area contributed by atoms with Gasteiger partial charge >= 0.3 is 0 Å². The Morgan fingerprint density at radius 1 is 1.16 bits per heavy atom. The minimum absolute atomic E-state index is 0.00276. The molecule has 6 N–H and O–H groups in total. The van der Waals surface area contributed by atoms with Gasteiger partial charge in [-0.3, -0.25) is 4.79 Å². The van der Waals surface area contributed by atoms with E-state index in [-0.39, 0.29) is 34.0 Å². The molecule has 0 saturated heterocycles. The molecule has 0 bridgehead atoms. The molecule has 0 atom stereocenters. The predicted octanol–water partition coefficient (Wildman–Crippen LogP) is 2.27. The van der Waals surface area contributed by atoms with E-state index in [1.807, 2.05) is 0 Å². The molecular formula is C18H16ClFN6O4S. The van der Waals surface area contributed by atoms with Crippen LogP contribution in [0.5, 0.6) is 5.75 Å². The largest absolute Gasteiger partial charge is 0.482 e. The summed E-state index contributed by atoms with van der Waals surface area (Å²) in [6.45, 7) is -0.339. The van der Waals surface area contributed by atoms with Gasteiger partial charge in [-0.25, -0.2) is 22.9 Å². The van der Waals surface area contributed by atoms with E-state index in [0.717, 1.165) is 6.20 Å². The summed E-state index contributed by atoms with van der Waals surface area (Å²) in [5, 5.41) is 10.8. The third kappa shape index (κ3) is 6.01. The number of primary amides is 1. The van der Waals surface area contributed by atoms with Crippen LogP contribution in [0.4, 0.5) is 27.5 Å². The highest BCUT2D eigenvalue weighted by atomic mass is 35.5. The summed E-state index contributed by atoms with van der Waals surface area (Å²) < 4.78 is 42.3. The van der Waals surface area contributed by atoms with Gasteiger partial charge in [0.1, 0.15) is 5.75 Å². The zero-order chi connectivity index (χ0) is 22.6. The van der Waals surface area contributed by atoms with E-state index in [0.29, 0.717) is 11.4 Å². The van der Waals surface area contributed by atoms with Crippen molar-refractivity contribution in [2.75, 3.05) is 17.2 Å². The van der Waals surface area contributed by atoms with Crippen molar-refractivity contribution in [3.8, 4) is 5.75 Å². The molecule has 0 aliphatic rings. The standard InChI is InChI=1S/C18H16ClFN6O4S/c19-13-7-11(4-5-15(13)30-9-16(21)27)24-17-14(20)8-23-18(26-17)25-10-2-1-3-12(6-10)31(22,28)29/h1-8H,9H2,(H2,21,27)(H2,22,28,29)(H2,23,24,25,26). The normalized spacial score (nSPS) is 11.1. The monoisotopic (exact) mass is 466 g/mol. The van der Waals surface area contributed by atoms with Crippen LogP contribution in [-0.4, -0.2) is 30.9 Å². The Kier molecular flexibility index (Phi) is 6.53. The van der Waals surface area contributed by atoms with Crippen molar-refractivity contribution in [3.63, 3.8) is 0 Å². The van der Waals surface area contributed by atoms with Gasteiger partial charge in [-0.15, -0.1) is 0 Å². The first-order chi connectivity index (χ1) is 14.6. The number of aromatic nitrogens is 2. The highest BCUT2D eigenvalue weighted by molar-refractivity contribution is 7.89. The van der Waals surface area contributed by atoms with Crippen LogP contribution in [0.15, 0.2) is 53.6 Å². The lowest BCUT2D eigenvalue weighted by Crippen LogP contribution is -2.20. The van der Waals surface area contributed by atoms with Crippen molar-refractivity contribution >= 4 is 50.7 Å². The number of nitrogens with one attached hydrogen (secondary N) is 2. The Labute approximate surface area is 181 Å². The molecule has 31 heavy (non-hydrogen) atoms. The number of rotatable bonds is 8. The lowest BCUT2D eigenvalue weighted by atomic mass is 10.3. The van der Waals surface area contributed by atoms with Gasteiger partial charge in [0.05, 0.1) is 16.1 Å². The fourth-order valence-corrected chi connectivity index (χ4v) is 3.17. The number of benzene rings is 2. The molecule has 0 radical (unpaired) electrons. The molecule has 162 valence electrons. The number of carbonyl (C=O) groups is 1. The van der Waals surface area contributed by atoms with Crippen LogP contribution in [0.25, 0.3) is 0 Å². The molecule has 1 amide bonds. The molecular weight excluding hydrogens is 451 g/mol. The maximum absolute atomic E-state index is 14.2. The Hall–Kier alpha value is -3.48. The van der Waals surface area contributed by atoms with Crippen molar-refractivity contribution in [2.45, 2.75) is 4.90 Å². The zero-order valence-corrected chi connectivity index (χ0v) is 17.2. The average Bonchev–Trinajstić information content (AvgIpc) is 2.69. The maximum Gasteiger partial charge on any atom is 0.255 e. The second-order valence-electron chi connectivity index (χ2n) is 6.11. The molecule has 0 unspecified atom stereocenters. The van der Waals surface area contributed by atoms with Crippen molar-refractivity contribution in [2.24, 2.45) is 10.9 Å². The van der Waals surface area contributed by atoms with Gasteiger partial charge in [-0.05, 0) is 36.4 Å². The second kappa shape index (κ2) is 9.12. The molecule has 1 heterocycles. The number of nitrogens with two attached hydrogens (primary N) is 2. The van der Waals surface area contributed by atoms with E-state index in [1.54, 1.807) is 6.07 Å². The van der Waals surface area contributed by atoms with Gasteiger partial charge in [0.25, 0.3) is 5.91 Å². The molecule has 3 aromatic rings. The second-order valence-corrected chi connectivity index (χ2v) is 8.08. The van der Waals surface area contributed by atoms with Gasteiger partial charge in [0.15, 0.2) is 18.2 Å². The molecule has 0 fully saturated rings. The fraction of sp³-hybridized carbons (Fsp3) is 0.0556. The fourth-order valence-electron chi connectivity index (χ4n) is 2.38. The van der Waals surface area contributed by atoms with E-state index in [2.05, 4.69) is 20.6 Å². The number of nitrogens with zero attached hydrogens (tertiary/aromatic N) is 2. The Morgan fingerprint density at radius 3 is 2.58 bits per heavy atom. The van der Waals surface area contributed by atoms with Crippen LogP contribution in [-0.2, 0) is 14.8 Å². The van der Waals surface area contributed by atoms with E-state index < -0.39 is 21.7 Å². The molecule has 10 nitrogen and oxygen atoms in total. The molecule has 1 aromatic heterocycles. The van der Waals surface area contributed by atoms with Gasteiger partial charge in [0, 0.05) is 11.4 Å². The first-order valence-corrected chi connectivity index (χ1v) is 10.4. The van der Waals surface area contributed by atoms with Gasteiger partial charge in [-0.2, -0.15) is 4.98 Å². The Morgan fingerprint density at radius 2 is 1.90 bits per heavy atom. The minimum atomic E-state index is -3.89. The number of amides is 1. The molecule has 2 aromatic carbocycles. The average molecular weight is 467 g/mol. The lowest BCUT2D eigenvalue weighted by molar-refractivity contribution is -0.119. The molecule has 0 spiro atoms. The van der Waals surface area contributed by atoms with Gasteiger partial charge in [0.2, 0.25) is 16.0 Å². The van der Waals surface area contributed by atoms with Crippen molar-refractivity contribution in [3.05, 3.63) is 59.5 Å². The molecule has 0 aliphatic carbocycles. The van der Waals surface area contributed by atoms with Crippen LogP contribution < -0.4 is 26.2 Å². The number of hydrogen-bond acceptors (Lipinski definition) is 8. The Balaban J connectivity index is 1.79. The van der Waals surface area contributed by atoms with Crippen molar-refractivity contribution < 1.29 is 22.3 Å². The van der Waals surface area contributed by atoms with Crippen LogP contribution in [0.2, 0.25) is 5.02 Å². The SMILES string of the molecule is NC(=O)COc1ccc(Nc2nc(Nc3cccc(S(N)(=O)=O)c3)ncc2F)cc1Cl. The number of sulfonamides is 1. The van der Waals surface area contributed by atoms with E-state index in [1.165, 1.54) is 36.4 Å². The molecule has 0 aliphatic heterocycles. The summed E-state index contributed by atoms with van der Waals surface area (Å²) in [5.41, 5.74) is 5.74. The van der Waals surface area contributed by atoms with Gasteiger partial charge < -0.3 is 21.1 Å². The van der Waals surface area contributed by atoms with Crippen LogP contribution in [0.1, 0.15) is 0 Å². The number of hydrogen-bond donors (Lipinski definition) is 4. The summed E-state index contributed by atoms with van der Waals surface area (Å²) in [6, 6.07) is 10.1. The first-order valence-electron chi connectivity index (χ1n) is 8.52. The van der Waals surface area contributed by atoms with E-state index in [4.69, 9.17) is 27.2 Å². The highest BCUT2D eigenvalue weighted by Gasteiger charge is 2.12. The number of halogens is 2. The summed E-state index contributed by atoms with van der Waals surface area (Å²) in [5.74, 6) is -1.33. The third-order valence-electron chi connectivity index (χ3n) is 3.73. The maximum atomic E-state index is 14.2. The quantitative estimate of drug-likeness (QED) is 0.392. The van der Waals surface area contributed by atoms with Crippen molar-refractivity contribution in [1.29, 1.82) is 0 Å². The number of primary sulfonamides is 1. The van der Waals surface area contributed by atoms with Crippen LogP contribution in [0, 0.1) is 5.82 Å². The zero-order valence-electron chi connectivity index (χ0n) is 15.7. The van der Waals surface area contributed by atoms with E-state index >= 15 is 0 Å². The first kappa shape index (κ1) is 22.2. The smallest absolute Gasteiger partial charge is 0.255 e. The predicted molar refractivity (Wildman–Crippen MR) is 113 cm³/mol. The topological polar surface area (TPSA) is 162 Å². The van der Waals surface area contributed by atoms with Crippen molar-refractivity contribution in [1.82, 2.24) is 9.97 Å². The molecule has 3 rings (SSSR count). The lowest BCUT2D eigenvalue weighted by Gasteiger charge is -2.12. The number of anilines is 4. The summed E-state index contributed by atoms with van der Waals surface area (Å²) >= 11 is 6.09. The van der Waals surface area contributed by atoms with Crippen LogP contribution >= 0.6 is 11.6 Å². The van der Waals surface area contributed by atoms with Crippen LogP contribution in [0.3, 0.4) is 0 Å². The number of ether oxygens (including phenoxy) is 1. The minimum Gasteiger partial charge on any atom is -0.482 e. The summed E-state index contributed by atoms with van der Waals surface area (Å²) in [6.07, 6.45) is 0.938.